The normalized spacial score (nSPS) is 11.1. The molecular formula is C25H25FN4O. The third-order valence-electron chi connectivity index (χ3n) is 5.73. The molecule has 6 heteroatoms. The number of aromatic nitrogens is 3. The van der Waals surface area contributed by atoms with Crippen LogP contribution in [0.5, 0.6) is 0 Å². The Balaban J connectivity index is 1.59. The van der Waals surface area contributed by atoms with Gasteiger partial charge in [-0.3, -0.25) is 9.78 Å². The van der Waals surface area contributed by atoms with Gasteiger partial charge in [-0.2, -0.15) is 0 Å². The van der Waals surface area contributed by atoms with Crippen LogP contribution in [0.15, 0.2) is 55.0 Å². The molecule has 4 rings (SSSR count). The highest BCUT2D eigenvalue weighted by atomic mass is 19.1. The number of fused-ring (bicyclic) bond motifs is 1. The molecule has 0 unspecified atom stereocenters. The Bertz CT molecular complexity index is 1250. The molecule has 0 atom stereocenters. The molecule has 31 heavy (non-hydrogen) atoms. The van der Waals surface area contributed by atoms with Gasteiger partial charge in [0, 0.05) is 48.1 Å². The predicted molar refractivity (Wildman–Crippen MR) is 120 cm³/mol. The van der Waals surface area contributed by atoms with Crippen molar-refractivity contribution in [3.63, 3.8) is 0 Å². The minimum Gasteiger partial charge on any atom is -0.361 e. The minimum atomic E-state index is -0.269. The van der Waals surface area contributed by atoms with Gasteiger partial charge in [0.25, 0.3) is 5.91 Å². The minimum absolute atomic E-state index is 0.158. The highest BCUT2D eigenvalue weighted by molar-refractivity contribution is 5.98. The van der Waals surface area contributed by atoms with Crippen LogP contribution >= 0.6 is 0 Å². The molecule has 2 heterocycles. The van der Waals surface area contributed by atoms with Crippen molar-refractivity contribution in [2.24, 2.45) is 0 Å². The number of carbonyl (C=O) groups is 1. The summed E-state index contributed by atoms with van der Waals surface area (Å²) in [6.45, 7) is 7.08. The first-order chi connectivity index (χ1) is 15.0. The number of halogens is 1. The van der Waals surface area contributed by atoms with Gasteiger partial charge >= 0.3 is 0 Å². The van der Waals surface area contributed by atoms with E-state index in [4.69, 9.17) is 0 Å². The lowest BCUT2D eigenvalue weighted by atomic mass is 10.0. The molecule has 0 fully saturated rings. The van der Waals surface area contributed by atoms with E-state index in [9.17, 15) is 9.18 Å². The molecule has 1 amide bonds. The summed E-state index contributed by atoms with van der Waals surface area (Å²) in [5, 5.41) is 0.846. The zero-order chi connectivity index (χ0) is 22.0. The van der Waals surface area contributed by atoms with E-state index in [1.54, 1.807) is 23.4 Å². The van der Waals surface area contributed by atoms with Crippen molar-refractivity contribution in [1.82, 2.24) is 19.9 Å². The summed E-state index contributed by atoms with van der Waals surface area (Å²) in [5.74, 6) is -0.427. The standard InChI is InChI=1S/C25H25FN4O/c1-4-30(12-9-19-15-29-22-8-7-20(26)14-21(19)22)25(31)24-23(27-10-11-28-24)18-6-5-16(2)17(3)13-18/h5-8,10-11,13-15,29H,4,9,12H2,1-3H3. The summed E-state index contributed by atoms with van der Waals surface area (Å²) in [5.41, 5.74) is 6.00. The van der Waals surface area contributed by atoms with E-state index in [0.717, 1.165) is 27.6 Å². The Morgan fingerprint density at radius 1 is 1.06 bits per heavy atom. The van der Waals surface area contributed by atoms with Gasteiger partial charge < -0.3 is 9.88 Å². The number of benzene rings is 2. The number of rotatable bonds is 6. The molecule has 1 N–H and O–H groups in total. The van der Waals surface area contributed by atoms with E-state index < -0.39 is 0 Å². The molecule has 0 radical (unpaired) electrons. The number of nitrogens with one attached hydrogen (secondary N) is 1. The SMILES string of the molecule is CCN(CCc1c[nH]c2ccc(F)cc12)C(=O)c1nccnc1-c1ccc(C)c(C)c1. The summed E-state index contributed by atoms with van der Waals surface area (Å²) >= 11 is 0. The molecular weight excluding hydrogens is 391 g/mol. The van der Waals surface area contributed by atoms with Crippen molar-refractivity contribution in [1.29, 1.82) is 0 Å². The Morgan fingerprint density at radius 2 is 1.87 bits per heavy atom. The van der Waals surface area contributed by atoms with Crippen molar-refractivity contribution < 1.29 is 9.18 Å². The van der Waals surface area contributed by atoms with E-state index in [0.29, 0.717) is 30.9 Å². The molecule has 158 valence electrons. The smallest absolute Gasteiger partial charge is 0.274 e. The third kappa shape index (κ3) is 4.19. The largest absolute Gasteiger partial charge is 0.361 e. The van der Waals surface area contributed by atoms with Crippen LogP contribution in [-0.2, 0) is 6.42 Å². The first-order valence-corrected chi connectivity index (χ1v) is 10.4. The number of aryl methyl sites for hydroxylation is 2. The monoisotopic (exact) mass is 416 g/mol. The maximum absolute atomic E-state index is 13.7. The Kier molecular flexibility index (Phi) is 5.80. The summed E-state index contributed by atoms with van der Waals surface area (Å²) in [6, 6.07) is 10.7. The number of aromatic amines is 1. The van der Waals surface area contributed by atoms with Gasteiger partial charge in [-0.15, -0.1) is 0 Å². The second-order valence-electron chi connectivity index (χ2n) is 7.69. The first-order valence-electron chi connectivity index (χ1n) is 10.4. The molecule has 0 aliphatic carbocycles. The van der Waals surface area contributed by atoms with Crippen molar-refractivity contribution in [3.05, 3.63) is 83.2 Å². The molecule has 0 bridgehead atoms. The number of amides is 1. The van der Waals surface area contributed by atoms with Crippen molar-refractivity contribution in [2.75, 3.05) is 13.1 Å². The maximum Gasteiger partial charge on any atom is 0.274 e. The number of hydrogen-bond donors (Lipinski definition) is 1. The van der Waals surface area contributed by atoms with Gasteiger partial charge in [0.1, 0.15) is 11.5 Å². The average Bonchev–Trinajstić information content (AvgIpc) is 3.18. The van der Waals surface area contributed by atoms with E-state index >= 15 is 0 Å². The molecule has 2 aromatic heterocycles. The third-order valence-corrected chi connectivity index (χ3v) is 5.73. The van der Waals surface area contributed by atoms with E-state index in [1.807, 2.05) is 38.2 Å². The first kappa shape index (κ1) is 20.7. The highest BCUT2D eigenvalue weighted by Gasteiger charge is 2.21. The summed E-state index contributed by atoms with van der Waals surface area (Å²) in [6.07, 6.45) is 5.65. The van der Waals surface area contributed by atoms with Crippen LogP contribution in [0.1, 0.15) is 34.1 Å². The maximum atomic E-state index is 13.7. The van der Waals surface area contributed by atoms with Gasteiger partial charge in [0.2, 0.25) is 0 Å². The van der Waals surface area contributed by atoms with Crippen LogP contribution in [0.25, 0.3) is 22.2 Å². The van der Waals surface area contributed by atoms with E-state index in [1.165, 1.54) is 17.7 Å². The predicted octanol–water partition coefficient (Wildman–Crippen LogP) is 5.09. The van der Waals surface area contributed by atoms with Crippen LogP contribution in [-0.4, -0.2) is 38.8 Å². The van der Waals surface area contributed by atoms with Gasteiger partial charge in [-0.1, -0.05) is 12.1 Å². The number of hydrogen-bond acceptors (Lipinski definition) is 3. The van der Waals surface area contributed by atoms with E-state index in [-0.39, 0.29) is 11.7 Å². The van der Waals surface area contributed by atoms with Crippen LogP contribution in [0.4, 0.5) is 4.39 Å². The molecule has 0 aliphatic rings. The molecule has 4 aromatic rings. The van der Waals surface area contributed by atoms with Gasteiger partial charge in [0.05, 0.1) is 0 Å². The van der Waals surface area contributed by atoms with Crippen LogP contribution in [0.2, 0.25) is 0 Å². The van der Waals surface area contributed by atoms with E-state index in [2.05, 4.69) is 21.9 Å². The number of nitrogens with zero attached hydrogens (tertiary/aromatic N) is 3. The molecule has 0 saturated carbocycles. The quantitative estimate of drug-likeness (QED) is 0.476. The Labute approximate surface area is 181 Å². The summed E-state index contributed by atoms with van der Waals surface area (Å²) < 4.78 is 13.7. The molecule has 0 aliphatic heterocycles. The lowest BCUT2D eigenvalue weighted by Gasteiger charge is -2.21. The summed E-state index contributed by atoms with van der Waals surface area (Å²) in [7, 11) is 0. The van der Waals surface area contributed by atoms with Gasteiger partial charge in [0.15, 0.2) is 5.69 Å². The number of carbonyl (C=O) groups excluding carboxylic acids is 1. The second kappa shape index (κ2) is 8.68. The molecule has 0 saturated heterocycles. The van der Waals surface area contributed by atoms with Gasteiger partial charge in [-0.25, -0.2) is 9.37 Å². The number of H-pyrrole nitrogens is 1. The fourth-order valence-electron chi connectivity index (χ4n) is 3.76. The van der Waals surface area contributed by atoms with Crippen molar-refractivity contribution >= 4 is 16.8 Å². The average molecular weight is 417 g/mol. The second-order valence-corrected chi connectivity index (χ2v) is 7.69. The van der Waals surface area contributed by atoms with Crippen LogP contribution < -0.4 is 0 Å². The fraction of sp³-hybridized carbons (Fsp3) is 0.240. The van der Waals surface area contributed by atoms with Crippen molar-refractivity contribution in [2.45, 2.75) is 27.2 Å². The topological polar surface area (TPSA) is 61.9 Å². The summed E-state index contributed by atoms with van der Waals surface area (Å²) in [4.78, 5) is 27.1. The Hall–Kier alpha value is -3.54. The zero-order valence-corrected chi connectivity index (χ0v) is 17.9. The van der Waals surface area contributed by atoms with Gasteiger partial charge in [-0.05, 0) is 68.1 Å². The lowest BCUT2D eigenvalue weighted by Crippen LogP contribution is -2.33. The molecule has 0 spiro atoms. The zero-order valence-electron chi connectivity index (χ0n) is 17.9. The van der Waals surface area contributed by atoms with Crippen molar-refractivity contribution in [3.8, 4) is 11.3 Å². The fourth-order valence-corrected chi connectivity index (χ4v) is 3.76. The Morgan fingerprint density at radius 3 is 2.65 bits per heavy atom. The molecule has 2 aromatic carbocycles. The highest BCUT2D eigenvalue weighted by Crippen LogP contribution is 2.24. The lowest BCUT2D eigenvalue weighted by molar-refractivity contribution is 0.0761. The van der Waals surface area contributed by atoms with Crippen LogP contribution in [0, 0.1) is 19.7 Å². The number of likely N-dealkylation sites (N-methyl/N-ethyl adjacent to an activating group) is 1. The van der Waals surface area contributed by atoms with Crippen LogP contribution in [0.3, 0.4) is 0 Å². The molecule has 5 nitrogen and oxygen atoms in total.